The summed E-state index contributed by atoms with van der Waals surface area (Å²) in [6.07, 6.45) is 2.14. The molecule has 0 spiro atoms. The van der Waals surface area contributed by atoms with E-state index in [0.29, 0.717) is 0 Å². The molecule has 0 fully saturated rings. The van der Waals surface area contributed by atoms with E-state index < -0.39 is 0 Å². The Morgan fingerprint density at radius 1 is 1.07 bits per heavy atom. The van der Waals surface area contributed by atoms with Crippen LogP contribution in [0.3, 0.4) is 0 Å². The van der Waals surface area contributed by atoms with Crippen LogP contribution < -0.4 is 0 Å². The zero-order valence-corrected chi connectivity index (χ0v) is 10.0. The Morgan fingerprint density at radius 3 is 2.29 bits per heavy atom. The smallest absolute Gasteiger partial charge is 0.148 e. The van der Waals surface area contributed by atoms with Gasteiger partial charge in [-0.15, -0.1) is 11.3 Å². The third-order valence-electron chi connectivity index (χ3n) is 2.82. The van der Waals surface area contributed by atoms with Crippen LogP contribution in [0.15, 0.2) is 4.42 Å². The lowest BCUT2D eigenvalue weighted by molar-refractivity contribution is 0.569. The van der Waals surface area contributed by atoms with Gasteiger partial charge in [-0.2, -0.15) is 0 Å². The molecule has 0 radical (unpaired) electrons. The van der Waals surface area contributed by atoms with Gasteiger partial charge in [0.2, 0.25) is 0 Å². The van der Waals surface area contributed by atoms with E-state index >= 15 is 0 Å². The van der Waals surface area contributed by atoms with Gasteiger partial charge in [0.15, 0.2) is 0 Å². The SMILES string of the molecule is CCc1c(C)sc2c(CC)c(C)oc12. The first-order valence-corrected chi connectivity index (χ1v) is 6.00. The summed E-state index contributed by atoms with van der Waals surface area (Å²) >= 11 is 1.88. The van der Waals surface area contributed by atoms with Gasteiger partial charge in [-0.1, -0.05) is 13.8 Å². The van der Waals surface area contributed by atoms with Crippen LogP contribution in [-0.4, -0.2) is 0 Å². The molecule has 2 heteroatoms. The average molecular weight is 208 g/mol. The van der Waals surface area contributed by atoms with E-state index in [1.165, 1.54) is 20.7 Å². The molecule has 0 unspecified atom stereocenters. The van der Waals surface area contributed by atoms with Crippen molar-refractivity contribution < 1.29 is 4.42 Å². The molecular weight excluding hydrogens is 192 g/mol. The first kappa shape index (κ1) is 9.78. The summed E-state index contributed by atoms with van der Waals surface area (Å²) in [7, 11) is 0. The van der Waals surface area contributed by atoms with Crippen molar-refractivity contribution in [2.45, 2.75) is 40.5 Å². The third kappa shape index (κ3) is 1.21. The molecule has 0 aromatic carbocycles. The first-order chi connectivity index (χ1) is 6.69. The molecule has 0 saturated heterocycles. The normalized spacial score (nSPS) is 11.4. The largest absolute Gasteiger partial charge is 0.460 e. The Morgan fingerprint density at radius 2 is 1.71 bits per heavy atom. The summed E-state index contributed by atoms with van der Waals surface area (Å²) in [4.78, 5) is 1.41. The lowest BCUT2D eigenvalue weighted by Gasteiger charge is -1.93. The molecule has 2 rings (SSSR count). The molecule has 0 saturated carbocycles. The maximum atomic E-state index is 5.84. The summed E-state index contributed by atoms with van der Waals surface area (Å²) in [6, 6.07) is 0. The molecule has 2 aromatic rings. The zero-order chi connectivity index (χ0) is 10.3. The van der Waals surface area contributed by atoms with Crippen molar-refractivity contribution in [3.63, 3.8) is 0 Å². The molecule has 0 N–H and O–H groups in total. The predicted octanol–water partition coefficient (Wildman–Crippen LogP) is 4.24. The van der Waals surface area contributed by atoms with Crippen molar-refractivity contribution in [3.8, 4) is 0 Å². The molecule has 2 heterocycles. The van der Waals surface area contributed by atoms with Crippen LogP contribution >= 0.6 is 11.3 Å². The predicted molar refractivity (Wildman–Crippen MR) is 62.3 cm³/mol. The number of hydrogen-bond donors (Lipinski definition) is 0. The van der Waals surface area contributed by atoms with Crippen LogP contribution in [0.4, 0.5) is 0 Å². The molecule has 0 aliphatic carbocycles. The molecule has 0 aliphatic rings. The first-order valence-electron chi connectivity index (χ1n) is 5.19. The number of furan rings is 1. The van der Waals surface area contributed by atoms with Crippen molar-refractivity contribution in [2.24, 2.45) is 0 Å². The van der Waals surface area contributed by atoms with Crippen molar-refractivity contribution in [1.82, 2.24) is 0 Å². The highest BCUT2D eigenvalue weighted by atomic mass is 32.1. The van der Waals surface area contributed by atoms with Crippen LogP contribution in [0.1, 0.15) is 35.6 Å². The minimum atomic E-state index is 1.07. The maximum absolute atomic E-state index is 5.84. The molecule has 1 nitrogen and oxygen atoms in total. The zero-order valence-electron chi connectivity index (χ0n) is 9.23. The molecular formula is C12H16OS. The summed E-state index contributed by atoms with van der Waals surface area (Å²) < 4.78 is 7.22. The van der Waals surface area contributed by atoms with Gasteiger partial charge >= 0.3 is 0 Å². The Bertz CT molecular complexity index is 418. The highest BCUT2D eigenvalue weighted by Crippen LogP contribution is 2.37. The van der Waals surface area contributed by atoms with E-state index in [1.54, 1.807) is 0 Å². The van der Waals surface area contributed by atoms with Crippen LogP contribution in [0.2, 0.25) is 0 Å². The van der Waals surface area contributed by atoms with Crippen molar-refractivity contribution in [1.29, 1.82) is 0 Å². The van der Waals surface area contributed by atoms with Crippen LogP contribution in [-0.2, 0) is 12.8 Å². The van der Waals surface area contributed by atoms with Gasteiger partial charge in [0.05, 0.1) is 4.70 Å². The number of aryl methyl sites for hydroxylation is 4. The van der Waals surface area contributed by atoms with Gasteiger partial charge in [0, 0.05) is 16.0 Å². The van der Waals surface area contributed by atoms with Crippen molar-refractivity contribution in [3.05, 3.63) is 21.8 Å². The van der Waals surface area contributed by atoms with Crippen molar-refractivity contribution >= 4 is 21.6 Å². The molecule has 76 valence electrons. The Labute approximate surface area is 88.7 Å². The highest BCUT2D eigenvalue weighted by molar-refractivity contribution is 7.19. The summed E-state index contributed by atoms with van der Waals surface area (Å²) in [6.45, 7) is 8.64. The van der Waals surface area contributed by atoms with Gasteiger partial charge < -0.3 is 4.42 Å². The lowest BCUT2D eigenvalue weighted by Crippen LogP contribution is -1.78. The molecule has 0 amide bonds. The molecule has 2 aromatic heterocycles. The van der Waals surface area contributed by atoms with Crippen LogP contribution in [0, 0.1) is 13.8 Å². The van der Waals surface area contributed by atoms with Crippen LogP contribution in [0.5, 0.6) is 0 Å². The fourth-order valence-corrected chi connectivity index (χ4v) is 3.39. The number of thiophene rings is 1. The van der Waals surface area contributed by atoms with Gasteiger partial charge in [-0.3, -0.25) is 0 Å². The summed E-state index contributed by atoms with van der Waals surface area (Å²) in [5.41, 5.74) is 3.94. The van der Waals surface area contributed by atoms with E-state index in [9.17, 15) is 0 Å². The minimum absolute atomic E-state index is 1.07. The lowest BCUT2D eigenvalue weighted by atomic mass is 10.1. The van der Waals surface area contributed by atoms with E-state index in [-0.39, 0.29) is 0 Å². The molecule has 14 heavy (non-hydrogen) atoms. The molecule has 0 bridgehead atoms. The van der Waals surface area contributed by atoms with Gasteiger partial charge in [-0.05, 0) is 26.7 Å². The summed E-state index contributed by atoms with van der Waals surface area (Å²) in [5, 5.41) is 0. The Kier molecular flexibility index (Phi) is 2.40. The molecule has 0 aliphatic heterocycles. The second kappa shape index (κ2) is 3.43. The Balaban J connectivity index is 2.78. The number of hydrogen-bond acceptors (Lipinski definition) is 2. The van der Waals surface area contributed by atoms with Crippen LogP contribution in [0.25, 0.3) is 10.3 Å². The second-order valence-electron chi connectivity index (χ2n) is 3.64. The minimum Gasteiger partial charge on any atom is -0.460 e. The van der Waals surface area contributed by atoms with E-state index in [2.05, 4.69) is 27.7 Å². The van der Waals surface area contributed by atoms with E-state index in [1.807, 2.05) is 11.3 Å². The quantitative estimate of drug-likeness (QED) is 0.719. The average Bonchev–Trinajstić information content (AvgIpc) is 2.58. The second-order valence-corrected chi connectivity index (χ2v) is 4.86. The highest BCUT2D eigenvalue weighted by Gasteiger charge is 2.16. The fraction of sp³-hybridized carbons (Fsp3) is 0.500. The van der Waals surface area contributed by atoms with Gasteiger partial charge in [0.1, 0.15) is 11.3 Å². The standard InChI is InChI=1S/C12H16OS/c1-5-9-7(3)13-11-10(6-2)8(4)14-12(9)11/h5-6H2,1-4H3. The van der Waals surface area contributed by atoms with Crippen molar-refractivity contribution in [2.75, 3.05) is 0 Å². The third-order valence-corrected chi connectivity index (χ3v) is 4.01. The van der Waals surface area contributed by atoms with Gasteiger partial charge in [0.25, 0.3) is 0 Å². The fourth-order valence-electron chi connectivity index (χ4n) is 2.06. The summed E-state index contributed by atoms with van der Waals surface area (Å²) in [5.74, 6) is 1.10. The maximum Gasteiger partial charge on any atom is 0.148 e. The monoisotopic (exact) mass is 208 g/mol. The van der Waals surface area contributed by atoms with E-state index in [0.717, 1.165) is 24.2 Å². The van der Waals surface area contributed by atoms with Gasteiger partial charge in [-0.25, -0.2) is 0 Å². The van der Waals surface area contributed by atoms with E-state index in [4.69, 9.17) is 4.42 Å². The topological polar surface area (TPSA) is 13.1 Å². The number of fused-ring (bicyclic) bond motifs is 1. The number of rotatable bonds is 2. The molecule has 0 atom stereocenters. The Hall–Kier alpha value is -0.760.